The van der Waals surface area contributed by atoms with Crippen molar-refractivity contribution in [1.29, 1.82) is 0 Å². The maximum Gasteiger partial charge on any atom is 0.336 e. The van der Waals surface area contributed by atoms with Crippen LogP contribution in [0.15, 0.2) is 46.9 Å². The highest BCUT2D eigenvalue weighted by Gasteiger charge is 2.39. The SMILES string of the molecule is COC(=O)C1=C(C)N(C)C(C)=C(C(=O)O)C1c1ccccn1. The van der Waals surface area contributed by atoms with Crippen molar-refractivity contribution >= 4 is 11.9 Å². The fraction of sp³-hybridized carbons (Fsp3) is 0.312. The summed E-state index contributed by atoms with van der Waals surface area (Å²) in [5.41, 5.74) is 2.17. The predicted octanol–water partition coefficient (Wildman–Crippen LogP) is 1.92. The van der Waals surface area contributed by atoms with Gasteiger partial charge < -0.3 is 14.7 Å². The molecule has 1 aliphatic heterocycles. The number of carbonyl (C=O) groups is 2. The average molecular weight is 302 g/mol. The van der Waals surface area contributed by atoms with Gasteiger partial charge in [0, 0.05) is 24.6 Å². The van der Waals surface area contributed by atoms with Crippen LogP contribution in [0.25, 0.3) is 0 Å². The van der Waals surface area contributed by atoms with Gasteiger partial charge in [0.25, 0.3) is 0 Å². The maximum absolute atomic E-state index is 12.2. The molecule has 22 heavy (non-hydrogen) atoms. The third-order valence-corrected chi connectivity index (χ3v) is 3.98. The zero-order chi connectivity index (χ0) is 16.4. The van der Waals surface area contributed by atoms with E-state index in [-0.39, 0.29) is 5.57 Å². The molecule has 0 aromatic carbocycles. The van der Waals surface area contributed by atoms with Gasteiger partial charge in [-0.05, 0) is 26.0 Å². The highest BCUT2D eigenvalue weighted by Crippen LogP contribution is 2.40. The Kier molecular flexibility index (Phi) is 4.30. The van der Waals surface area contributed by atoms with Gasteiger partial charge in [-0.3, -0.25) is 4.98 Å². The van der Waals surface area contributed by atoms with Crippen LogP contribution in [-0.4, -0.2) is 41.1 Å². The Labute approximate surface area is 128 Å². The molecular weight excluding hydrogens is 284 g/mol. The summed E-state index contributed by atoms with van der Waals surface area (Å²) in [6.07, 6.45) is 1.58. The number of aliphatic carboxylic acids is 1. The quantitative estimate of drug-likeness (QED) is 0.859. The Hall–Kier alpha value is -2.63. The minimum absolute atomic E-state index is 0.132. The fourth-order valence-corrected chi connectivity index (χ4v) is 2.67. The molecule has 1 aromatic rings. The van der Waals surface area contributed by atoms with Crippen molar-refractivity contribution in [3.63, 3.8) is 0 Å². The molecule has 0 aliphatic carbocycles. The molecule has 2 heterocycles. The van der Waals surface area contributed by atoms with Crippen molar-refractivity contribution in [1.82, 2.24) is 9.88 Å². The van der Waals surface area contributed by atoms with Gasteiger partial charge in [-0.25, -0.2) is 9.59 Å². The first-order valence-corrected chi connectivity index (χ1v) is 6.78. The van der Waals surface area contributed by atoms with Gasteiger partial charge in [0.05, 0.1) is 29.9 Å². The number of aromatic nitrogens is 1. The van der Waals surface area contributed by atoms with Crippen LogP contribution in [0.3, 0.4) is 0 Å². The van der Waals surface area contributed by atoms with Crippen molar-refractivity contribution in [3.05, 3.63) is 52.6 Å². The molecule has 0 amide bonds. The van der Waals surface area contributed by atoms with E-state index in [4.69, 9.17) is 4.74 Å². The summed E-state index contributed by atoms with van der Waals surface area (Å²) in [4.78, 5) is 29.9. The van der Waals surface area contributed by atoms with E-state index in [2.05, 4.69) is 4.98 Å². The van der Waals surface area contributed by atoms with E-state index in [1.54, 1.807) is 50.2 Å². The molecule has 1 atom stereocenters. The van der Waals surface area contributed by atoms with Crippen molar-refractivity contribution < 1.29 is 19.4 Å². The van der Waals surface area contributed by atoms with Crippen LogP contribution in [0.4, 0.5) is 0 Å². The number of carboxylic acids is 1. The number of methoxy groups -OCH3 is 1. The van der Waals surface area contributed by atoms with E-state index < -0.39 is 17.9 Å². The molecule has 6 nitrogen and oxygen atoms in total. The van der Waals surface area contributed by atoms with E-state index in [1.165, 1.54) is 7.11 Å². The lowest BCUT2D eigenvalue weighted by Gasteiger charge is -2.34. The number of pyridine rings is 1. The molecule has 0 saturated carbocycles. The van der Waals surface area contributed by atoms with E-state index in [9.17, 15) is 14.7 Å². The maximum atomic E-state index is 12.2. The van der Waals surface area contributed by atoms with Crippen LogP contribution in [0.2, 0.25) is 0 Å². The standard InChI is InChI=1S/C16H18N2O4/c1-9-12(15(19)20)14(11-7-5-6-8-17-11)13(16(21)22-4)10(2)18(9)3/h5-8,14H,1-4H3,(H,19,20). The second-order valence-electron chi connectivity index (χ2n) is 5.04. The van der Waals surface area contributed by atoms with E-state index >= 15 is 0 Å². The lowest BCUT2D eigenvalue weighted by molar-refractivity contribution is -0.136. The number of carbonyl (C=O) groups excluding carboxylic acids is 1. The van der Waals surface area contributed by atoms with Gasteiger partial charge >= 0.3 is 11.9 Å². The van der Waals surface area contributed by atoms with Crippen molar-refractivity contribution in [2.75, 3.05) is 14.2 Å². The average Bonchev–Trinajstić information content (AvgIpc) is 2.52. The van der Waals surface area contributed by atoms with E-state index in [0.29, 0.717) is 22.7 Å². The van der Waals surface area contributed by atoms with Gasteiger partial charge in [0.15, 0.2) is 0 Å². The molecule has 0 spiro atoms. The number of esters is 1. The zero-order valence-corrected chi connectivity index (χ0v) is 13.0. The summed E-state index contributed by atoms with van der Waals surface area (Å²) < 4.78 is 4.86. The summed E-state index contributed by atoms with van der Waals surface area (Å²) >= 11 is 0. The second kappa shape index (κ2) is 6.01. The van der Waals surface area contributed by atoms with Crippen molar-refractivity contribution in [3.8, 4) is 0 Å². The van der Waals surface area contributed by atoms with Crippen LogP contribution in [0.1, 0.15) is 25.5 Å². The molecule has 1 aliphatic rings. The van der Waals surface area contributed by atoms with Crippen molar-refractivity contribution in [2.45, 2.75) is 19.8 Å². The largest absolute Gasteiger partial charge is 0.478 e. The van der Waals surface area contributed by atoms with Crippen LogP contribution in [0.5, 0.6) is 0 Å². The molecule has 1 unspecified atom stereocenters. The van der Waals surface area contributed by atoms with Gasteiger partial charge in [0.1, 0.15) is 0 Å². The number of ether oxygens (including phenoxy) is 1. The molecule has 116 valence electrons. The number of nitrogens with zero attached hydrogens (tertiary/aromatic N) is 2. The molecule has 1 N–H and O–H groups in total. The Balaban J connectivity index is 2.74. The lowest BCUT2D eigenvalue weighted by Crippen LogP contribution is -2.33. The Morgan fingerprint density at radius 1 is 1.23 bits per heavy atom. The second-order valence-corrected chi connectivity index (χ2v) is 5.04. The lowest BCUT2D eigenvalue weighted by atomic mass is 9.82. The minimum atomic E-state index is -1.08. The Morgan fingerprint density at radius 2 is 1.86 bits per heavy atom. The number of carboxylic acid groups (broad SMARTS) is 1. The third-order valence-electron chi connectivity index (χ3n) is 3.98. The summed E-state index contributed by atoms with van der Waals surface area (Å²) in [5, 5.41) is 9.63. The Bertz CT molecular complexity index is 677. The molecule has 0 saturated heterocycles. The fourth-order valence-electron chi connectivity index (χ4n) is 2.67. The summed E-state index contributed by atoms with van der Waals surface area (Å²) in [5.74, 6) is -2.37. The molecule has 1 aromatic heterocycles. The number of rotatable bonds is 3. The van der Waals surface area contributed by atoms with Gasteiger partial charge in [0.2, 0.25) is 0 Å². The first kappa shape index (κ1) is 15.8. The number of allylic oxidation sites excluding steroid dienone is 2. The molecule has 6 heteroatoms. The Morgan fingerprint density at radius 3 is 2.36 bits per heavy atom. The van der Waals surface area contributed by atoms with E-state index in [0.717, 1.165) is 0 Å². The van der Waals surface area contributed by atoms with Gasteiger partial charge in [-0.2, -0.15) is 0 Å². The molecule has 0 radical (unpaired) electrons. The smallest absolute Gasteiger partial charge is 0.336 e. The highest BCUT2D eigenvalue weighted by atomic mass is 16.5. The normalized spacial score (nSPS) is 18.5. The summed E-state index contributed by atoms with van der Waals surface area (Å²) in [6, 6.07) is 5.21. The predicted molar refractivity (Wildman–Crippen MR) is 79.8 cm³/mol. The molecular formula is C16H18N2O4. The van der Waals surface area contributed by atoms with Crippen LogP contribution in [0, 0.1) is 0 Å². The number of hydrogen-bond donors (Lipinski definition) is 1. The van der Waals surface area contributed by atoms with E-state index in [1.807, 2.05) is 0 Å². The van der Waals surface area contributed by atoms with Gasteiger partial charge in [-0.15, -0.1) is 0 Å². The van der Waals surface area contributed by atoms with Crippen LogP contribution < -0.4 is 0 Å². The first-order valence-electron chi connectivity index (χ1n) is 6.78. The molecule has 0 fully saturated rings. The summed E-state index contributed by atoms with van der Waals surface area (Å²) in [6.45, 7) is 3.49. The van der Waals surface area contributed by atoms with Crippen molar-refractivity contribution in [2.24, 2.45) is 0 Å². The van der Waals surface area contributed by atoms with Crippen LogP contribution in [-0.2, 0) is 14.3 Å². The monoisotopic (exact) mass is 302 g/mol. The topological polar surface area (TPSA) is 79.7 Å². The minimum Gasteiger partial charge on any atom is -0.478 e. The van der Waals surface area contributed by atoms with Crippen LogP contribution >= 0.6 is 0 Å². The van der Waals surface area contributed by atoms with Gasteiger partial charge in [-0.1, -0.05) is 6.07 Å². The first-order chi connectivity index (χ1) is 10.4. The molecule has 2 rings (SSSR count). The highest BCUT2D eigenvalue weighted by molar-refractivity contribution is 5.98. The summed E-state index contributed by atoms with van der Waals surface area (Å²) in [7, 11) is 3.01. The third kappa shape index (κ3) is 2.47. The number of hydrogen-bond acceptors (Lipinski definition) is 5. The molecule has 0 bridgehead atoms. The zero-order valence-electron chi connectivity index (χ0n) is 13.0.